The number of thioether (sulfide) groups is 1. The van der Waals surface area contributed by atoms with E-state index >= 15 is 0 Å². The van der Waals surface area contributed by atoms with E-state index in [4.69, 9.17) is 21.7 Å². The molecule has 0 spiro atoms. The number of carbonyl (C=O) groups excluding carboxylic acids is 1. The van der Waals surface area contributed by atoms with Gasteiger partial charge in [-0.1, -0.05) is 72.8 Å². The lowest BCUT2D eigenvalue weighted by molar-refractivity contribution is -0.121. The number of nitrogens with zero attached hydrogens (tertiary/aromatic N) is 1. The van der Waals surface area contributed by atoms with Crippen molar-refractivity contribution in [3.63, 3.8) is 0 Å². The Morgan fingerprint density at radius 1 is 1.10 bits per heavy atom. The Kier molecular flexibility index (Phi) is 7.83. The van der Waals surface area contributed by atoms with Gasteiger partial charge in [0.2, 0.25) is 0 Å². The van der Waals surface area contributed by atoms with Crippen LogP contribution in [-0.2, 0) is 10.2 Å². The highest BCUT2D eigenvalue weighted by molar-refractivity contribution is 9.10. The van der Waals surface area contributed by atoms with Crippen molar-refractivity contribution in [3.05, 3.63) is 63.0 Å². The molecule has 1 saturated heterocycles. The number of carbonyl (C=O) groups is 1. The van der Waals surface area contributed by atoms with Gasteiger partial charge in [-0.15, -0.1) is 0 Å². The van der Waals surface area contributed by atoms with Crippen molar-refractivity contribution in [1.29, 1.82) is 0 Å². The van der Waals surface area contributed by atoms with Crippen LogP contribution in [0, 0.1) is 0 Å². The molecule has 0 aromatic heterocycles. The summed E-state index contributed by atoms with van der Waals surface area (Å²) in [5.41, 5.74) is 2.20. The highest BCUT2D eigenvalue weighted by Gasteiger charge is 2.30. The van der Waals surface area contributed by atoms with Gasteiger partial charge in [-0.2, -0.15) is 0 Å². The molecule has 1 heterocycles. The molecule has 1 aliphatic heterocycles. The van der Waals surface area contributed by atoms with Crippen LogP contribution in [0.1, 0.15) is 38.8 Å². The summed E-state index contributed by atoms with van der Waals surface area (Å²) < 4.78 is 13.3. The van der Waals surface area contributed by atoms with E-state index < -0.39 is 0 Å². The summed E-state index contributed by atoms with van der Waals surface area (Å²) in [5.74, 6) is 1.44. The van der Waals surface area contributed by atoms with Gasteiger partial charge in [0.1, 0.15) is 29.0 Å². The van der Waals surface area contributed by atoms with Crippen LogP contribution < -0.4 is 9.47 Å². The minimum absolute atomic E-state index is 0.0644. The predicted molar refractivity (Wildman–Crippen MR) is 136 cm³/mol. The van der Waals surface area contributed by atoms with E-state index in [2.05, 4.69) is 48.8 Å². The zero-order valence-corrected chi connectivity index (χ0v) is 21.3. The van der Waals surface area contributed by atoms with Crippen molar-refractivity contribution in [2.45, 2.75) is 33.1 Å². The summed E-state index contributed by atoms with van der Waals surface area (Å²) in [6, 6.07) is 13.9. The maximum absolute atomic E-state index is 12.5. The minimum atomic E-state index is -0.0644. The first-order valence-corrected chi connectivity index (χ1v) is 12.1. The molecule has 0 saturated carbocycles. The molecular formula is C24H26BrNO3S2. The van der Waals surface area contributed by atoms with Gasteiger partial charge in [-0.3, -0.25) is 9.69 Å². The fraction of sp³-hybridized carbons (Fsp3) is 0.333. The number of halogens is 1. The summed E-state index contributed by atoms with van der Waals surface area (Å²) in [6.07, 6.45) is 1.83. The van der Waals surface area contributed by atoms with Gasteiger partial charge in [-0.05, 0) is 54.3 Å². The molecule has 31 heavy (non-hydrogen) atoms. The Morgan fingerprint density at radius 3 is 2.39 bits per heavy atom. The van der Waals surface area contributed by atoms with E-state index in [0.717, 1.165) is 15.8 Å². The predicted octanol–water partition coefficient (Wildman–Crippen LogP) is 6.43. The first kappa shape index (κ1) is 23.8. The molecule has 0 radical (unpaired) electrons. The molecule has 164 valence electrons. The van der Waals surface area contributed by atoms with Crippen molar-refractivity contribution in [3.8, 4) is 11.5 Å². The van der Waals surface area contributed by atoms with Crippen molar-refractivity contribution >= 4 is 56.2 Å². The van der Waals surface area contributed by atoms with E-state index in [1.54, 1.807) is 4.90 Å². The molecule has 4 nitrogen and oxygen atoms in total. The molecule has 0 bridgehead atoms. The molecule has 1 fully saturated rings. The van der Waals surface area contributed by atoms with Gasteiger partial charge in [0.25, 0.3) is 5.91 Å². The van der Waals surface area contributed by atoms with Gasteiger partial charge < -0.3 is 9.47 Å². The zero-order valence-electron chi connectivity index (χ0n) is 18.1. The van der Waals surface area contributed by atoms with E-state index in [-0.39, 0.29) is 11.3 Å². The number of rotatable bonds is 7. The van der Waals surface area contributed by atoms with Gasteiger partial charge in [0.15, 0.2) is 0 Å². The molecule has 3 rings (SSSR count). The van der Waals surface area contributed by atoms with Gasteiger partial charge in [-0.25, -0.2) is 0 Å². The van der Waals surface area contributed by atoms with Crippen molar-refractivity contribution in [2.24, 2.45) is 0 Å². The fourth-order valence-corrected chi connectivity index (χ4v) is 4.79. The fourth-order valence-electron chi connectivity index (χ4n) is 3.04. The molecule has 0 unspecified atom stereocenters. The summed E-state index contributed by atoms with van der Waals surface area (Å²) in [6.45, 7) is 9.85. The molecule has 1 amide bonds. The summed E-state index contributed by atoms with van der Waals surface area (Å²) in [7, 11) is 0. The zero-order chi connectivity index (χ0) is 22.6. The summed E-state index contributed by atoms with van der Waals surface area (Å²) >= 11 is 10.1. The molecule has 0 N–H and O–H groups in total. The number of likely N-dealkylation sites (N-methyl/N-ethyl adjacent to an activating group) is 1. The maximum atomic E-state index is 12.5. The van der Waals surface area contributed by atoms with Crippen LogP contribution >= 0.6 is 39.9 Å². The van der Waals surface area contributed by atoms with E-state index in [1.807, 2.05) is 43.3 Å². The molecular weight excluding hydrogens is 494 g/mol. The van der Waals surface area contributed by atoms with Gasteiger partial charge >= 0.3 is 0 Å². The maximum Gasteiger partial charge on any atom is 0.266 e. The lowest BCUT2D eigenvalue weighted by Crippen LogP contribution is -2.27. The van der Waals surface area contributed by atoms with Crippen LogP contribution in [0.3, 0.4) is 0 Å². The van der Waals surface area contributed by atoms with E-state index in [0.29, 0.717) is 34.7 Å². The minimum Gasteiger partial charge on any atom is -0.490 e. The lowest BCUT2D eigenvalue weighted by atomic mass is 9.87. The number of ether oxygens (including phenoxy) is 2. The van der Waals surface area contributed by atoms with Crippen LogP contribution in [0.2, 0.25) is 0 Å². The molecule has 7 heteroatoms. The number of hydrogen-bond donors (Lipinski definition) is 0. The third-order valence-electron chi connectivity index (χ3n) is 4.78. The largest absolute Gasteiger partial charge is 0.490 e. The SMILES string of the molecule is CCN1C(=O)C(=Cc2cc(Br)ccc2OCCOc2ccc(C(C)(C)C)cc2)SC1=S. The highest BCUT2D eigenvalue weighted by atomic mass is 79.9. The van der Waals surface area contributed by atoms with Gasteiger partial charge in [0.05, 0.1) is 4.91 Å². The number of thiocarbonyl (C=S) groups is 1. The summed E-state index contributed by atoms with van der Waals surface area (Å²) in [5, 5.41) is 0. The van der Waals surface area contributed by atoms with E-state index in [1.165, 1.54) is 17.3 Å². The van der Waals surface area contributed by atoms with Crippen LogP contribution in [0.4, 0.5) is 0 Å². The van der Waals surface area contributed by atoms with Crippen molar-refractivity contribution in [1.82, 2.24) is 4.90 Å². The van der Waals surface area contributed by atoms with Gasteiger partial charge in [0, 0.05) is 16.6 Å². The Morgan fingerprint density at radius 2 is 1.77 bits per heavy atom. The second-order valence-electron chi connectivity index (χ2n) is 8.08. The topological polar surface area (TPSA) is 38.8 Å². The third kappa shape index (κ3) is 6.11. The molecule has 2 aromatic carbocycles. The average Bonchev–Trinajstić information content (AvgIpc) is 2.98. The Bertz CT molecular complexity index is 997. The van der Waals surface area contributed by atoms with Crippen LogP contribution in [0.15, 0.2) is 51.8 Å². The molecule has 1 aliphatic rings. The Hall–Kier alpha value is -1.83. The number of hydrogen-bond acceptors (Lipinski definition) is 5. The Balaban J connectivity index is 1.63. The molecule has 0 aliphatic carbocycles. The quantitative estimate of drug-likeness (QED) is 0.239. The van der Waals surface area contributed by atoms with Crippen LogP contribution in [-0.4, -0.2) is 34.9 Å². The van der Waals surface area contributed by atoms with Crippen LogP contribution in [0.5, 0.6) is 11.5 Å². The standard InChI is InChI=1S/C24H26BrNO3S2/c1-5-26-22(27)21(31-23(26)30)15-16-14-18(25)8-11-20(16)29-13-12-28-19-9-6-17(7-10-19)24(2,3)4/h6-11,14-15H,5,12-13H2,1-4H3. The summed E-state index contributed by atoms with van der Waals surface area (Å²) in [4.78, 5) is 14.7. The first-order valence-electron chi connectivity index (χ1n) is 10.1. The second-order valence-corrected chi connectivity index (χ2v) is 10.7. The number of amides is 1. The van der Waals surface area contributed by atoms with E-state index in [9.17, 15) is 4.79 Å². The second kappa shape index (κ2) is 10.2. The normalized spacial score (nSPS) is 15.6. The van der Waals surface area contributed by atoms with Crippen molar-refractivity contribution in [2.75, 3.05) is 19.8 Å². The lowest BCUT2D eigenvalue weighted by Gasteiger charge is -2.19. The monoisotopic (exact) mass is 519 g/mol. The highest BCUT2D eigenvalue weighted by Crippen LogP contribution is 2.35. The van der Waals surface area contributed by atoms with Crippen molar-refractivity contribution < 1.29 is 14.3 Å². The van der Waals surface area contributed by atoms with Crippen LogP contribution in [0.25, 0.3) is 6.08 Å². The number of benzene rings is 2. The Labute approximate surface area is 202 Å². The third-order valence-corrected chi connectivity index (χ3v) is 6.65. The average molecular weight is 521 g/mol. The molecule has 2 aromatic rings. The first-order chi connectivity index (χ1) is 14.7. The smallest absolute Gasteiger partial charge is 0.266 e. The molecule has 0 atom stereocenters.